The lowest BCUT2D eigenvalue weighted by atomic mass is 10.2. The monoisotopic (exact) mass is 272 g/mol. The van der Waals surface area contributed by atoms with Crippen LogP contribution in [0.15, 0.2) is 29.2 Å². The fourth-order valence-electron chi connectivity index (χ4n) is 1.32. The number of hydrogen-bond donors (Lipinski definition) is 3. The van der Waals surface area contributed by atoms with E-state index < -0.39 is 22.0 Å². The summed E-state index contributed by atoms with van der Waals surface area (Å²) in [5.74, 6) is -0.973. The van der Waals surface area contributed by atoms with E-state index in [2.05, 4.69) is 10.0 Å². The van der Waals surface area contributed by atoms with Gasteiger partial charge in [0.25, 0.3) is 0 Å². The summed E-state index contributed by atoms with van der Waals surface area (Å²) in [7, 11) is -3.47. The summed E-state index contributed by atoms with van der Waals surface area (Å²) in [6.45, 7) is 3.52. The van der Waals surface area contributed by atoms with Gasteiger partial charge in [-0.2, -0.15) is 0 Å². The third kappa shape index (κ3) is 3.71. The molecule has 1 unspecified atom stereocenters. The fourth-order valence-corrected chi connectivity index (χ4v) is 2.36. The van der Waals surface area contributed by atoms with Gasteiger partial charge in [-0.3, -0.25) is 4.79 Å². The van der Waals surface area contributed by atoms with E-state index in [4.69, 9.17) is 5.11 Å². The number of hydrogen-bond acceptors (Lipinski definition) is 4. The Balaban J connectivity index is 2.84. The second-order valence-corrected chi connectivity index (χ2v) is 5.50. The Bertz CT molecular complexity index is 510. The third-order valence-electron chi connectivity index (χ3n) is 2.25. The van der Waals surface area contributed by atoms with Crippen molar-refractivity contribution in [1.29, 1.82) is 0 Å². The number of carbonyl (C=O) groups is 1. The van der Waals surface area contributed by atoms with Crippen LogP contribution in [0.3, 0.4) is 0 Å². The summed E-state index contributed by atoms with van der Waals surface area (Å²) in [4.78, 5) is 10.8. The normalized spacial score (nSPS) is 13.0. The predicted molar refractivity (Wildman–Crippen MR) is 68.0 cm³/mol. The summed E-state index contributed by atoms with van der Waals surface area (Å²) < 4.78 is 25.7. The molecule has 7 heteroatoms. The molecule has 0 heterocycles. The zero-order valence-corrected chi connectivity index (χ0v) is 11.0. The Morgan fingerprint density at radius 1 is 1.33 bits per heavy atom. The molecule has 0 fully saturated rings. The first-order valence-electron chi connectivity index (χ1n) is 5.46. The van der Waals surface area contributed by atoms with Gasteiger partial charge in [0.15, 0.2) is 0 Å². The number of sulfonamides is 1. The van der Waals surface area contributed by atoms with Gasteiger partial charge in [-0.1, -0.05) is 6.92 Å². The average molecular weight is 272 g/mol. The molecule has 0 saturated heterocycles. The van der Waals surface area contributed by atoms with Crippen LogP contribution >= 0.6 is 0 Å². The van der Waals surface area contributed by atoms with Gasteiger partial charge in [-0.15, -0.1) is 0 Å². The number of carboxylic acid groups (broad SMARTS) is 1. The smallest absolute Gasteiger partial charge is 0.325 e. The Hall–Kier alpha value is -1.60. The molecule has 0 amide bonds. The van der Waals surface area contributed by atoms with Crippen LogP contribution in [0.4, 0.5) is 5.69 Å². The first kappa shape index (κ1) is 14.5. The molecule has 1 rings (SSSR count). The lowest BCUT2D eigenvalue weighted by Crippen LogP contribution is -2.25. The van der Waals surface area contributed by atoms with Gasteiger partial charge in [-0.25, -0.2) is 13.1 Å². The first-order valence-corrected chi connectivity index (χ1v) is 6.94. The number of aliphatic carboxylic acids is 1. The van der Waals surface area contributed by atoms with Gasteiger partial charge in [0.2, 0.25) is 10.0 Å². The van der Waals surface area contributed by atoms with Gasteiger partial charge in [0.05, 0.1) is 4.90 Å². The Kier molecular flexibility index (Phi) is 4.69. The van der Waals surface area contributed by atoms with Crippen molar-refractivity contribution in [3.05, 3.63) is 24.3 Å². The highest BCUT2D eigenvalue weighted by Crippen LogP contribution is 2.14. The van der Waals surface area contributed by atoms with Crippen molar-refractivity contribution in [2.45, 2.75) is 24.8 Å². The van der Waals surface area contributed by atoms with Crippen LogP contribution in [0.25, 0.3) is 0 Å². The molecule has 0 aliphatic heterocycles. The Labute approximate surface area is 106 Å². The van der Waals surface area contributed by atoms with E-state index in [0.29, 0.717) is 12.2 Å². The molecule has 0 aliphatic carbocycles. The highest BCUT2D eigenvalue weighted by molar-refractivity contribution is 7.89. The minimum Gasteiger partial charge on any atom is -0.480 e. The first-order chi connectivity index (χ1) is 8.36. The van der Waals surface area contributed by atoms with E-state index >= 15 is 0 Å². The second kappa shape index (κ2) is 5.83. The molecular weight excluding hydrogens is 256 g/mol. The van der Waals surface area contributed by atoms with E-state index in [-0.39, 0.29) is 4.90 Å². The molecule has 1 aromatic rings. The second-order valence-electron chi connectivity index (χ2n) is 3.73. The minimum absolute atomic E-state index is 0.151. The maximum atomic E-state index is 11.6. The van der Waals surface area contributed by atoms with Crippen LogP contribution < -0.4 is 10.0 Å². The number of carboxylic acids is 1. The molecule has 0 radical (unpaired) electrons. The van der Waals surface area contributed by atoms with Crippen LogP contribution in [0.5, 0.6) is 0 Å². The van der Waals surface area contributed by atoms with Gasteiger partial charge in [-0.05, 0) is 31.2 Å². The van der Waals surface area contributed by atoms with Crippen molar-refractivity contribution in [2.75, 3.05) is 11.9 Å². The van der Waals surface area contributed by atoms with Crippen molar-refractivity contribution in [2.24, 2.45) is 0 Å². The summed E-state index contributed by atoms with van der Waals surface area (Å²) in [6, 6.07) is 5.18. The largest absolute Gasteiger partial charge is 0.480 e. The maximum Gasteiger partial charge on any atom is 0.325 e. The molecule has 3 N–H and O–H groups in total. The number of anilines is 1. The summed E-state index contributed by atoms with van der Waals surface area (Å²) in [5, 5.41) is 11.5. The highest BCUT2D eigenvalue weighted by atomic mass is 32.2. The molecule has 0 aromatic heterocycles. The zero-order valence-electron chi connectivity index (χ0n) is 10.2. The van der Waals surface area contributed by atoms with E-state index in [1.807, 2.05) is 0 Å². The van der Waals surface area contributed by atoms with Crippen molar-refractivity contribution >= 4 is 21.7 Å². The van der Waals surface area contributed by atoms with Crippen LogP contribution in [0.1, 0.15) is 13.8 Å². The Morgan fingerprint density at radius 2 is 1.89 bits per heavy atom. The van der Waals surface area contributed by atoms with Gasteiger partial charge in [0, 0.05) is 12.2 Å². The molecule has 1 aromatic carbocycles. The standard InChI is InChI=1S/C11H16N2O4S/c1-3-12-18(16,17)10-6-4-9(5-7-10)13-8(2)11(14)15/h4-8,12-13H,3H2,1-2H3,(H,14,15). The van der Waals surface area contributed by atoms with Crippen molar-refractivity contribution < 1.29 is 18.3 Å². The van der Waals surface area contributed by atoms with E-state index in [1.54, 1.807) is 6.92 Å². The summed E-state index contributed by atoms with van der Waals surface area (Å²) >= 11 is 0. The molecule has 0 aliphatic rings. The van der Waals surface area contributed by atoms with Crippen LogP contribution in [-0.2, 0) is 14.8 Å². The molecule has 18 heavy (non-hydrogen) atoms. The molecular formula is C11H16N2O4S. The van der Waals surface area contributed by atoms with Gasteiger partial charge >= 0.3 is 5.97 Å². The maximum absolute atomic E-state index is 11.6. The molecule has 1 atom stereocenters. The lowest BCUT2D eigenvalue weighted by molar-refractivity contribution is -0.137. The van der Waals surface area contributed by atoms with E-state index in [0.717, 1.165) is 0 Å². The van der Waals surface area contributed by atoms with E-state index in [9.17, 15) is 13.2 Å². The van der Waals surface area contributed by atoms with E-state index in [1.165, 1.54) is 31.2 Å². The Morgan fingerprint density at radius 3 is 2.33 bits per heavy atom. The predicted octanol–water partition coefficient (Wildman–Crippen LogP) is 0.870. The van der Waals surface area contributed by atoms with Crippen molar-refractivity contribution in [1.82, 2.24) is 4.72 Å². The molecule has 0 bridgehead atoms. The van der Waals surface area contributed by atoms with Crippen LogP contribution in [0.2, 0.25) is 0 Å². The molecule has 6 nitrogen and oxygen atoms in total. The average Bonchev–Trinajstić information content (AvgIpc) is 2.29. The SMILES string of the molecule is CCNS(=O)(=O)c1ccc(NC(C)C(=O)O)cc1. The van der Waals surface area contributed by atoms with Crippen molar-refractivity contribution in [3.63, 3.8) is 0 Å². The summed E-state index contributed by atoms with van der Waals surface area (Å²) in [5.41, 5.74) is 0.556. The quantitative estimate of drug-likeness (QED) is 0.714. The fraction of sp³-hybridized carbons (Fsp3) is 0.364. The number of rotatable bonds is 6. The number of benzene rings is 1. The summed E-state index contributed by atoms with van der Waals surface area (Å²) in [6.07, 6.45) is 0. The lowest BCUT2D eigenvalue weighted by Gasteiger charge is -2.11. The topological polar surface area (TPSA) is 95.5 Å². The van der Waals surface area contributed by atoms with Gasteiger partial charge in [0.1, 0.15) is 6.04 Å². The number of nitrogens with one attached hydrogen (secondary N) is 2. The van der Waals surface area contributed by atoms with Gasteiger partial charge < -0.3 is 10.4 Å². The van der Waals surface area contributed by atoms with Crippen molar-refractivity contribution in [3.8, 4) is 0 Å². The molecule has 0 saturated carbocycles. The van der Waals surface area contributed by atoms with Crippen LogP contribution in [0, 0.1) is 0 Å². The third-order valence-corrected chi connectivity index (χ3v) is 3.81. The minimum atomic E-state index is -3.47. The van der Waals surface area contributed by atoms with Crippen LogP contribution in [-0.4, -0.2) is 32.1 Å². The zero-order chi connectivity index (χ0) is 13.8. The molecule has 0 spiro atoms. The molecule has 100 valence electrons. The highest BCUT2D eigenvalue weighted by Gasteiger charge is 2.13.